The van der Waals surface area contributed by atoms with Crippen molar-refractivity contribution in [3.05, 3.63) is 0 Å². The molecule has 2 saturated heterocycles. The molecule has 4 fully saturated rings. The summed E-state index contributed by atoms with van der Waals surface area (Å²) >= 11 is 0. The van der Waals surface area contributed by atoms with Gasteiger partial charge in [-0.15, -0.1) is 0 Å². The highest BCUT2D eigenvalue weighted by Crippen LogP contribution is 2.62. The van der Waals surface area contributed by atoms with Crippen LogP contribution in [0.1, 0.15) is 45.4 Å². The third-order valence-electron chi connectivity index (χ3n) is 7.15. The summed E-state index contributed by atoms with van der Waals surface area (Å²) in [4.78, 5) is 12.4. The molecule has 2 aliphatic heterocycles. The Morgan fingerprint density at radius 2 is 2.21 bits per heavy atom. The molecule has 1 N–H and O–H groups in total. The molecule has 1 spiro atoms. The molecule has 6 unspecified atom stereocenters. The molecule has 2 aliphatic carbocycles. The zero-order valence-corrected chi connectivity index (χ0v) is 15.0. The Balaban J connectivity index is 1.42. The van der Waals surface area contributed by atoms with Gasteiger partial charge >= 0.3 is 5.97 Å². The maximum Gasteiger partial charge on any atom is 0.310 e. The van der Waals surface area contributed by atoms with Crippen molar-refractivity contribution in [2.45, 2.75) is 57.2 Å². The Morgan fingerprint density at radius 3 is 2.96 bits per heavy atom. The van der Waals surface area contributed by atoms with E-state index in [1.54, 1.807) is 7.11 Å². The van der Waals surface area contributed by atoms with Crippen molar-refractivity contribution in [2.24, 2.45) is 23.2 Å². The summed E-state index contributed by atoms with van der Waals surface area (Å²) in [6.07, 6.45) is 6.94. The van der Waals surface area contributed by atoms with Gasteiger partial charge in [-0.2, -0.15) is 0 Å². The fourth-order valence-corrected chi connectivity index (χ4v) is 5.79. The number of rotatable bonds is 6. The van der Waals surface area contributed by atoms with E-state index in [1.807, 2.05) is 0 Å². The highest BCUT2D eigenvalue weighted by Gasteiger charge is 2.64. The van der Waals surface area contributed by atoms with E-state index in [9.17, 15) is 4.79 Å². The zero-order chi connectivity index (χ0) is 16.8. The Kier molecular flexibility index (Phi) is 4.38. The number of fused-ring (bicyclic) bond motifs is 3. The third kappa shape index (κ3) is 2.78. The quantitative estimate of drug-likeness (QED) is 0.457. The van der Waals surface area contributed by atoms with E-state index in [0.717, 1.165) is 45.6 Å². The maximum absolute atomic E-state index is 12.4. The first kappa shape index (κ1) is 16.8. The number of methoxy groups -OCH3 is 1. The summed E-state index contributed by atoms with van der Waals surface area (Å²) in [7, 11) is 1.72. The summed E-state index contributed by atoms with van der Waals surface area (Å²) in [5, 5.41) is 3.43. The standard InChI is InChI=1S/C19H31NO4/c1-18-5-3-6-19(12-23-19)16(18)9-13-14(11-20-7-4-8-22-2)17(21)24-15(13)10-18/h13-16,20H,3-12H2,1-2H3. The molecule has 2 saturated carbocycles. The third-order valence-corrected chi connectivity index (χ3v) is 7.15. The van der Waals surface area contributed by atoms with Crippen LogP contribution in [0.4, 0.5) is 0 Å². The van der Waals surface area contributed by atoms with E-state index in [1.165, 1.54) is 19.3 Å². The maximum atomic E-state index is 12.4. The van der Waals surface area contributed by atoms with Crippen molar-refractivity contribution in [3.8, 4) is 0 Å². The first-order valence-electron chi connectivity index (χ1n) is 9.62. The van der Waals surface area contributed by atoms with Crippen LogP contribution < -0.4 is 5.32 Å². The molecule has 4 rings (SSSR count). The lowest BCUT2D eigenvalue weighted by atomic mass is 9.53. The van der Waals surface area contributed by atoms with Crippen LogP contribution in [0, 0.1) is 23.2 Å². The first-order chi connectivity index (χ1) is 11.6. The van der Waals surface area contributed by atoms with Gasteiger partial charge in [-0.3, -0.25) is 4.79 Å². The lowest BCUT2D eigenvalue weighted by molar-refractivity contribution is -0.147. The Hall–Kier alpha value is -0.650. The van der Waals surface area contributed by atoms with E-state index in [4.69, 9.17) is 14.2 Å². The van der Waals surface area contributed by atoms with Crippen LogP contribution >= 0.6 is 0 Å². The number of nitrogens with one attached hydrogen (secondary N) is 1. The summed E-state index contributed by atoms with van der Waals surface area (Å²) in [5.41, 5.74) is 0.428. The van der Waals surface area contributed by atoms with E-state index >= 15 is 0 Å². The van der Waals surface area contributed by atoms with Crippen LogP contribution in [-0.2, 0) is 19.0 Å². The van der Waals surface area contributed by atoms with Crippen molar-refractivity contribution in [1.29, 1.82) is 0 Å². The number of carbonyl (C=O) groups excluding carboxylic acids is 1. The van der Waals surface area contributed by atoms with Gasteiger partial charge < -0.3 is 19.5 Å². The molecule has 2 heterocycles. The SMILES string of the molecule is COCCCNCC1C(=O)OC2CC3(C)CCCC4(CO4)C3CC21. The highest BCUT2D eigenvalue weighted by molar-refractivity contribution is 5.75. The van der Waals surface area contributed by atoms with E-state index in [0.29, 0.717) is 11.8 Å². The average molecular weight is 337 g/mol. The second kappa shape index (κ2) is 6.26. The Bertz CT molecular complexity index is 492. The Labute approximate surface area is 144 Å². The Morgan fingerprint density at radius 1 is 1.38 bits per heavy atom. The summed E-state index contributed by atoms with van der Waals surface area (Å²) in [6.45, 7) is 5.72. The molecule has 0 bridgehead atoms. The first-order valence-corrected chi connectivity index (χ1v) is 9.62. The predicted octanol–water partition coefficient (Wildman–Crippen LogP) is 2.14. The normalized spacial score (nSPS) is 46.5. The molecular weight excluding hydrogens is 306 g/mol. The van der Waals surface area contributed by atoms with Gasteiger partial charge in [-0.05, 0) is 56.4 Å². The number of epoxide rings is 1. The molecule has 0 amide bonds. The molecular formula is C19H31NO4. The fraction of sp³-hybridized carbons (Fsp3) is 0.947. The minimum absolute atomic E-state index is 0.0113. The molecule has 5 heteroatoms. The molecule has 0 aromatic heterocycles. The average Bonchev–Trinajstić information content (AvgIpc) is 3.24. The van der Waals surface area contributed by atoms with Gasteiger partial charge in [0.05, 0.1) is 18.1 Å². The second-order valence-electron chi connectivity index (χ2n) is 8.65. The minimum Gasteiger partial charge on any atom is -0.462 e. The summed E-state index contributed by atoms with van der Waals surface area (Å²) < 4.78 is 16.8. The van der Waals surface area contributed by atoms with E-state index < -0.39 is 0 Å². The molecule has 0 radical (unpaired) electrons. The smallest absolute Gasteiger partial charge is 0.310 e. The monoisotopic (exact) mass is 337 g/mol. The summed E-state index contributed by atoms with van der Waals surface area (Å²) in [6, 6.07) is 0. The number of hydrogen-bond acceptors (Lipinski definition) is 5. The van der Waals surface area contributed by atoms with Crippen molar-refractivity contribution in [3.63, 3.8) is 0 Å². The van der Waals surface area contributed by atoms with Crippen LogP contribution in [0.15, 0.2) is 0 Å². The van der Waals surface area contributed by atoms with Gasteiger partial charge in [-0.25, -0.2) is 0 Å². The summed E-state index contributed by atoms with van der Waals surface area (Å²) in [5.74, 6) is 0.993. The number of esters is 1. The molecule has 136 valence electrons. The number of hydrogen-bond donors (Lipinski definition) is 1. The van der Waals surface area contributed by atoms with Crippen LogP contribution in [0.2, 0.25) is 0 Å². The topological polar surface area (TPSA) is 60.1 Å². The van der Waals surface area contributed by atoms with Crippen LogP contribution in [0.3, 0.4) is 0 Å². The molecule has 6 atom stereocenters. The zero-order valence-electron chi connectivity index (χ0n) is 15.0. The lowest BCUT2D eigenvalue weighted by Gasteiger charge is -2.51. The molecule has 24 heavy (non-hydrogen) atoms. The van der Waals surface area contributed by atoms with Crippen molar-refractivity contribution in [2.75, 3.05) is 33.4 Å². The van der Waals surface area contributed by atoms with E-state index in [-0.39, 0.29) is 29.0 Å². The van der Waals surface area contributed by atoms with Crippen LogP contribution in [-0.4, -0.2) is 51.1 Å². The highest BCUT2D eigenvalue weighted by atomic mass is 16.6. The predicted molar refractivity (Wildman–Crippen MR) is 89.6 cm³/mol. The van der Waals surface area contributed by atoms with E-state index in [2.05, 4.69) is 12.2 Å². The van der Waals surface area contributed by atoms with Crippen molar-refractivity contribution < 1.29 is 19.0 Å². The lowest BCUT2D eigenvalue weighted by Crippen LogP contribution is -2.51. The second-order valence-corrected chi connectivity index (χ2v) is 8.65. The molecule has 0 aromatic rings. The van der Waals surface area contributed by atoms with Gasteiger partial charge in [0.25, 0.3) is 0 Å². The van der Waals surface area contributed by atoms with Crippen molar-refractivity contribution in [1.82, 2.24) is 5.32 Å². The van der Waals surface area contributed by atoms with Gasteiger partial charge in [0.2, 0.25) is 0 Å². The van der Waals surface area contributed by atoms with Crippen LogP contribution in [0.25, 0.3) is 0 Å². The van der Waals surface area contributed by atoms with Gasteiger partial charge in [0, 0.05) is 26.2 Å². The van der Waals surface area contributed by atoms with Gasteiger partial charge in [0.15, 0.2) is 0 Å². The van der Waals surface area contributed by atoms with Gasteiger partial charge in [0.1, 0.15) is 6.10 Å². The fourth-order valence-electron chi connectivity index (χ4n) is 5.79. The van der Waals surface area contributed by atoms with Gasteiger partial charge in [-0.1, -0.05) is 6.92 Å². The molecule has 4 aliphatic rings. The molecule has 5 nitrogen and oxygen atoms in total. The number of ether oxygens (including phenoxy) is 3. The minimum atomic E-state index is 0.0113. The number of carbonyl (C=O) groups is 1. The van der Waals surface area contributed by atoms with Crippen molar-refractivity contribution >= 4 is 5.97 Å². The largest absolute Gasteiger partial charge is 0.462 e. The van der Waals surface area contributed by atoms with Crippen LogP contribution in [0.5, 0.6) is 0 Å². The molecule has 0 aromatic carbocycles.